The fourth-order valence-corrected chi connectivity index (χ4v) is 3.45. The van der Waals surface area contributed by atoms with E-state index in [0.717, 1.165) is 16.6 Å². The molecule has 0 saturated carbocycles. The van der Waals surface area contributed by atoms with Crippen LogP contribution in [0.3, 0.4) is 0 Å². The van der Waals surface area contributed by atoms with Crippen molar-refractivity contribution in [2.45, 2.75) is 18.4 Å². The molecule has 1 N–H and O–H groups in total. The molecule has 0 saturated heterocycles. The van der Waals surface area contributed by atoms with E-state index in [0.29, 0.717) is 0 Å². The Morgan fingerprint density at radius 3 is 2.79 bits per heavy atom. The van der Waals surface area contributed by atoms with Crippen LogP contribution in [0.4, 0.5) is 4.39 Å². The summed E-state index contributed by atoms with van der Waals surface area (Å²) in [6.07, 6.45) is 0. The van der Waals surface area contributed by atoms with Gasteiger partial charge in [-0.15, -0.1) is 11.3 Å². The van der Waals surface area contributed by atoms with Gasteiger partial charge in [-0.25, -0.2) is 22.5 Å². The van der Waals surface area contributed by atoms with Gasteiger partial charge in [-0.05, 0) is 41.1 Å². The van der Waals surface area contributed by atoms with Gasteiger partial charge in [0.1, 0.15) is 5.82 Å². The molecule has 0 spiro atoms. The van der Waals surface area contributed by atoms with Crippen LogP contribution in [0.2, 0.25) is 0 Å². The van der Waals surface area contributed by atoms with Gasteiger partial charge in [0.2, 0.25) is 10.0 Å². The number of rotatable bonds is 4. The van der Waals surface area contributed by atoms with Gasteiger partial charge >= 0.3 is 0 Å². The van der Waals surface area contributed by atoms with Crippen LogP contribution in [0.25, 0.3) is 0 Å². The second-order valence-electron chi connectivity index (χ2n) is 3.76. The molecule has 1 heterocycles. The van der Waals surface area contributed by atoms with Crippen LogP contribution in [0.15, 0.2) is 33.1 Å². The molecule has 102 valence electrons. The number of hydrogen-bond donors (Lipinski definition) is 1. The Morgan fingerprint density at radius 2 is 2.21 bits per heavy atom. The average Bonchev–Trinajstić information content (AvgIpc) is 2.76. The maximum Gasteiger partial charge on any atom is 0.241 e. The van der Waals surface area contributed by atoms with Gasteiger partial charge in [-0.3, -0.25) is 0 Å². The first-order valence-electron chi connectivity index (χ1n) is 5.24. The molecule has 0 aliphatic rings. The highest BCUT2D eigenvalue weighted by molar-refractivity contribution is 9.10. The summed E-state index contributed by atoms with van der Waals surface area (Å²) >= 11 is 4.35. The Morgan fingerprint density at radius 1 is 1.47 bits per heavy atom. The lowest BCUT2D eigenvalue weighted by Crippen LogP contribution is -2.23. The number of nitrogens with one attached hydrogen (secondary N) is 1. The Labute approximate surface area is 122 Å². The second-order valence-corrected chi connectivity index (χ2v) is 7.32. The molecule has 0 amide bonds. The van der Waals surface area contributed by atoms with E-state index in [1.165, 1.54) is 23.5 Å². The molecule has 0 fully saturated rings. The Bertz CT molecular complexity index is 700. The number of aromatic nitrogens is 1. The van der Waals surface area contributed by atoms with Crippen LogP contribution in [0.1, 0.15) is 10.6 Å². The third-order valence-electron chi connectivity index (χ3n) is 2.47. The van der Waals surface area contributed by atoms with Crippen LogP contribution in [-0.2, 0) is 16.6 Å². The van der Waals surface area contributed by atoms with Crippen molar-refractivity contribution in [2.24, 2.45) is 0 Å². The Balaban J connectivity index is 2.18. The van der Waals surface area contributed by atoms with E-state index in [1.807, 2.05) is 0 Å². The molecular formula is C11H10BrFN2O2S2. The van der Waals surface area contributed by atoms with Gasteiger partial charge in [-0.2, -0.15) is 0 Å². The van der Waals surface area contributed by atoms with Crippen molar-refractivity contribution in [3.63, 3.8) is 0 Å². The van der Waals surface area contributed by atoms with Crippen molar-refractivity contribution in [3.8, 4) is 0 Å². The van der Waals surface area contributed by atoms with Crippen molar-refractivity contribution < 1.29 is 12.8 Å². The minimum Gasteiger partial charge on any atom is -0.250 e. The first-order valence-corrected chi connectivity index (χ1v) is 8.39. The Kier molecular flexibility index (Phi) is 4.34. The van der Waals surface area contributed by atoms with Crippen LogP contribution >= 0.6 is 27.3 Å². The number of aryl methyl sites for hydroxylation is 1. The zero-order chi connectivity index (χ0) is 14.0. The summed E-state index contributed by atoms with van der Waals surface area (Å²) < 4.78 is 40.0. The summed E-state index contributed by atoms with van der Waals surface area (Å²) in [4.78, 5) is 4.77. The van der Waals surface area contributed by atoms with E-state index < -0.39 is 15.8 Å². The lowest BCUT2D eigenvalue weighted by Gasteiger charge is -2.06. The van der Waals surface area contributed by atoms with Gasteiger partial charge in [0, 0.05) is 11.4 Å². The van der Waals surface area contributed by atoms with Crippen LogP contribution in [0, 0.1) is 12.7 Å². The van der Waals surface area contributed by atoms with E-state index in [4.69, 9.17) is 0 Å². The molecule has 8 heteroatoms. The number of thiazole rings is 1. The van der Waals surface area contributed by atoms with E-state index in [1.54, 1.807) is 12.4 Å². The summed E-state index contributed by atoms with van der Waals surface area (Å²) in [5, 5.41) is 0. The first-order chi connectivity index (χ1) is 8.90. The summed E-state index contributed by atoms with van der Waals surface area (Å²) in [5.41, 5.74) is 2.44. The first kappa shape index (κ1) is 14.6. The van der Waals surface area contributed by atoms with Gasteiger partial charge in [0.25, 0.3) is 0 Å². The number of nitrogens with zero attached hydrogens (tertiary/aromatic N) is 1. The quantitative estimate of drug-likeness (QED) is 0.907. The molecule has 1 aromatic carbocycles. The van der Waals surface area contributed by atoms with Gasteiger partial charge < -0.3 is 0 Å². The topological polar surface area (TPSA) is 59.1 Å². The molecule has 0 bridgehead atoms. The van der Waals surface area contributed by atoms with Gasteiger partial charge in [0.15, 0.2) is 0 Å². The van der Waals surface area contributed by atoms with Crippen LogP contribution in [0.5, 0.6) is 0 Å². The van der Waals surface area contributed by atoms with Crippen molar-refractivity contribution in [1.29, 1.82) is 0 Å². The summed E-state index contributed by atoms with van der Waals surface area (Å²) in [5.74, 6) is -0.614. The van der Waals surface area contributed by atoms with E-state index in [9.17, 15) is 12.8 Å². The van der Waals surface area contributed by atoms with Gasteiger partial charge in [0.05, 0.1) is 20.6 Å². The summed E-state index contributed by atoms with van der Waals surface area (Å²) in [6, 6.07) is 3.68. The number of halogens is 2. The molecule has 1 aromatic heterocycles. The molecular weight excluding hydrogens is 355 g/mol. The lowest BCUT2D eigenvalue weighted by molar-refractivity contribution is 0.577. The van der Waals surface area contributed by atoms with Crippen molar-refractivity contribution in [3.05, 3.63) is 44.6 Å². The van der Waals surface area contributed by atoms with Crippen LogP contribution < -0.4 is 4.72 Å². The predicted octanol–water partition coefficient (Wildman–Crippen LogP) is 2.83. The molecule has 0 atom stereocenters. The highest BCUT2D eigenvalue weighted by atomic mass is 79.9. The highest BCUT2D eigenvalue weighted by Gasteiger charge is 2.16. The van der Waals surface area contributed by atoms with E-state index >= 15 is 0 Å². The fraction of sp³-hybridized carbons (Fsp3) is 0.182. The summed E-state index contributed by atoms with van der Waals surface area (Å²) in [7, 11) is -3.72. The SMILES string of the molecule is Cc1ncsc1CNS(=O)(=O)c1ccc(Br)c(F)c1. The average molecular weight is 365 g/mol. The largest absolute Gasteiger partial charge is 0.250 e. The molecule has 0 unspecified atom stereocenters. The minimum atomic E-state index is -3.72. The molecule has 4 nitrogen and oxygen atoms in total. The zero-order valence-corrected chi connectivity index (χ0v) is 13.1. The van der Waals surface area contributed by atoms with Crippen LogP contribution in [-0.4, -0.2) is 13.4 Å². The van der Waals surface area contributed by atoms with Crippen molar-refractivity contribution in [2.75, 3.05) is 0 Å². The van der Waals surface area contributed by atoms with E-state index in [2.05, 4.69) is 25.6 Å². The monoisotopic (exact) mass is 364 g/mol. The maximum atomic E-state index is 13.3. The zero-order valence-electron chi connectivity index (χ0n) is 9.85. The lowest BCUT2D eigenvalue weighted by atomic mass is 10.3. The summed E-state index contributed by atoms with van der Waals surface area (Å²) in [6.45, 7) is 1.95. The predicted molar refractivity (Wildman–Crippen MR) is 75.0 cm³/mol. The van der Waals surface area contributed by atoms with Crippen molar-refractivity contribution in [1.82, 2.24) is 9.71 Å². The number of sulfonamides is 1. The smallest absolute Gasteiger partial charge is 0.241 e. The molecule has 2 rings (SSSR count). The third-order valence-corrected chi connectivity index (χ3v) is 5.45. The molecule has 2 aromatic rings. The highest BCUT2D eigenvalue weighted by Crippen LogP contribution is 2.20. The van der Waals surface area contributed by atoms with Crippen molar-refractivity contribution >= 4 is 37.3 Å². The molecule has 19 heavy (non-hydrogen) atoms. The number of benzene rings is 1. The van der Waals surface area contributed by atoms with E-state index in [-0.39, 0.29) is 15.9 Å². The fourth-order valence-electron chi connectivity index (χ4n) is 1.38. The normalized spacial score (nSPS) is 11.7. The standard InChI is InChI=1S/C11H10BrFN2O2S2/c1-7-11(18-6-14-7)5-15-19(16,17)8-2-3-9(12)10(13)4-8/h2-4,6,15H,5H2,1H3. The number of hydrogen-bond acceptors (Lipinski definition) is 4. The second kappa shape index (κ2) is 5.66. The third kappa shape index (κ3) is 3.38. The molecule has 0 aliphatic carbocycles. The Hall–Kier alpha value is -0.830. The molecule has 0 aliphatic heterocycles. The maximum absolute atomic E-state index is 13.3. The van der Waals surface area contributed by atoms with Gasteiger partial charge in [-0.1, -0.05) is 0 Å². The molecule has 0 radical (unpaired) electrons. The minimum absolute atomic E-state index is 0.102.